The number of rotatable bonds is 5. The summed E-state index contributed by atoms with van der Waals surface area (Å²) in [6, 6.07) is 0. The Bertz CT molecular complexity index is 167. The second kappa shape index (κ2) is 5.65. The molecule has 13 heavy (non-hydrogen) atoms. The SMILES string of the molecule is C=C(C)CCOCC(Br)C(F)(F)F. The van der Waals surface area contributed by atoms with Gasteiger partial charge in [0, 0.05) is 0 Å². The van der Waals surface area contributed by atoms with Crippen LogP contribution in [-0.2, 0) is 4.74 Å². The highest BCUT2D eigenvalue weighted by molar-refractivity contribution is 9.09. The molecule has 0 radical (unpaired) electrons. The molecule has 0 N–H and O–H groups in total. The van der Waals surface area contributed by atoms with Crippen molar-refractivity contribution in [1.82, 2.24) is 0 Å². The van der Waals surface area contributed by atoms with E-state index >= 15 is 0 Å². The van der Waals surface area contributed by atoms with Crippen molar-refractivity contribution < 1.29 is 17.9 Å². The lowest BCUT2D eigenvalue weighted by molar-refractivity contribution is -0.137. The molecule has 0 aliphatic heterocycles. The average molecular weight is 261 g/mol. The lowest BCUT2D eigenvalue weighted by Crippen LogP contribution is -2.27. The third-order valence-corrected chi connectivity index (χ3v) is 2.08. The predicted octanol–water partition coefficient (Wildman–Crippen LogP) is 3.30. The fourth-order valence-electron chi connectivity index (χ4n) is 0.528. The summed E-state index contributed by atoms with van der Waals surface area (Å²) in [5.74, 6) is 0. The first-order valence-electron chi connectivity index (χ1n) is 3.77. The molecule has 0 heterocycles. The monoisotopic (exact) mass is 260 g/mol. The molecule has 0 saturated carbocycles. The van der Waals surface area contributed by atoms with Gasteiger partial charge in [-0.1, -0.05) is 21.5 Å². The summed E-state index contributed by atoms with van der Waals surface area (Å²) in [5.41, 5.74) is 0.901. The highest BCUT2D eigenvalue weighted by atomic mass is 79.9. The summed E-state index contributed by atoms with van der Waals surface area (Å²) in [4.78, 5) is -1.58. The first-order valence-corrected chi connectivity index (χ1v) is 4.68. The molecule has 0 bridgehead atoms. The van der Waals surface area contributed by atoms with Gasteiger partial charge in [0.15, 0.2) is 0 Å². The lowest BCUT2D eigenvalue weighted by Gasteiger charge is -2.13. The first-order chi connectivity index (χ1) is 5.84. The van der Waals surface area contributed by atoms with Crippen LogP contribution in [0.2, 0.25) is 0 Å². The Balaban J connectivity index is 3.49. The first kappa shape index (κ1) is 13.0. The van der Waals surface area contributed by atoms with Gasteiger partial charge in [-0.05, 0) is 13.3 Å². The minimum atomic E-state index is -4.23. The van der Waals surface area contributed by atoms with E-state index in [4.69, 9.17) is 4.74 Å². The summed E-state index contributed by atoms with van der Waals surface area (Å²) < 4.78 is 40.5. The van der Waals surface area contributed by atoms with E-state index in [1.54, 1.807) is 6.92 Å². The molecule has 1 atom stereocenters. The molecule has 0 aromatic heterocycles. The molecule has 0 aromatic rings. The maximum absolute atomic E-state index is 11.9. The molecule has 1 unspecified atom stereocenters. The number of hydrogen-bond donors (Lipinski definition) is 0. The van der Waals surface area contributed by atoms with Crippen molar-refractivity contribution in [3.8, 4) is 0 Å². The van der Waals surface area contributed by atoms with Gasteiger partial charge in [0.1, 0.15) is 4.83 Å². The molecule has 0 aliphatic rings. The van der Waals surface area contributed by atoms with Crippen LogP contribution in [0.1, 0.15) is 13.3 Å². The number of hydrogen-bond acceptors (Lipinski definition) is 1. The van der Waals surface area contributed by atoms with Gasteiger partial charge in [0.05, 0.1) is 13.2 Å². The molecule has 0 amide bonds. The van der Waals surface area contributed by atoms with Gasteiger partial charge in [-0.15, -0.1) is 6.58 Å². The van der Waals surface area contributed by atoms with E-state index in [-0.39, 0.29) is 13.2 Å². The lowest BCUT2D eigenvalue weighted by atomic mass is 10.3. The number of alkyl halides is 4. The minimum absolute atomic E-state index is 0.285. The van der Waals surface area contributed by atoms with Gasteiger partial charge in [0.25, 0.3) is 0 Å². The van der Waals surface area contributed by atoms with Crippen LogP contribution in [-0.4, -0.2) is 24.2 Å². The van der Waals surface area contributed by atoms with Gasteiger partial charge in [-0.2, -0.15) is 13.2 Å². The van der Waals surface area contributed by atoms with Crippen molar-refractivity contribution in [2.45, 2.75) is 24.3 Å². The third-order valence-electron chi connectivity index (χ3n) is 1.29. The molecular weight excluding hydrogens is 249 g/mol. The fourth-order valence-corrected chi connectivity index (χ4v) is 0.715. The second-order valence-electron chi connectivity index (χ2n) is 2.79. The normalized spacial score (nSPS) is 14.2. The van der Waals surface area contributed by atoms with Crippen LogP contribution in [0, 0.1) is 0 Å². The molecule has 0 rings (SSSR count). The minimum Gasteiger partial charge on any atom is -0.380 e. The summed E-state index contributed by atoms with van der Waals surface area (Å²) in [6.45, 7) is 5.35. The zero-order valence-corrected chi connectivity index (χ0v) is 8.91. The average Bonchev–Trinajstić information content (AvgIpc) is 1.95. The van der Waals surface area contributed by atoms with Crippen molar-refractivity contribution in [3.63, 3.8) is 0 Å². The van der Waals surface area contributed by atoms with E-state index in [9.17, 15) is 13.2 Å². The quantitative estimate of drug-likeness (QED) is 0.419. The van der Waals surface area contributed by atoms with Gasteiger partial charge >= 0.3 is 6.18 Å². The van der Waals surface area contributed by atoms with E-state index in [0.717, 1.165) is 5.57 Å². The standard InChI is InChI=1S/C8H12BrF3O/c1-6(2)3-4-13-5-7(9)8(10,11)12/h7H,1,3-5H2,2H3. The topological polar surface area (TPSA) is 9.23 Å². The molecule has 78 valence electrons. The summed E-state index contributed by atoms with van der Waals surface area (Å²) >= 11 is 2.49. The van der Waals surface area contributed by atoms with E-state index in [0.29, 0.717) is 6.42 Å². The number of halogens is 4. The Labute approximate surface area is 84.1 Å². The Morgan fingerprint density at radius 2 is 2.08 bits per heavy atom. The molecule has 0 saturated heterocycles. The molecule has 0 aliphatic carbocycles. The molecule has 0 spiro atoms. The summed E-state index contributed by atoms with van der Waals surface area (Å²) in [5, 5.41) is 0. The highest BCUT2D eigenvalue weighted by Gasteiger charge is 2.37. The van der Waals surface area contributed by atoms with Crippen LogP contribution >= 0.6 is 15.9 Å². The second-order valence-corrected chi connectivity index (χ2v) is 3.90. The molecular formula is C8H12BrF3O. The van der Waals surface area contributed by atoms with Gasteiger partial charge in [-0.25, -0.2) is 0 Å². The van der Waals surface area contributed by atoms with Crippen molar-refractivity contribution in [2.24, 2.45) is 0 Å². The van der Waals surface area contributed by atoms with E-state index in [2.05, 4.69) is 22.5 Å². The Morgan fingerprint density at radius 3 is 2.46 bits per heavy atom. The zero-order chi connectivity index (χ0) is 10.5. The smallest absolute Gasteiger partial charge is 0.380 e. The van der Waals surface area contributed by atoms with Crippen LogP contribution in [0.4, 0.5) is 13.2 Å². The van der Waals surface area contributed by atoms with Crippen LogP contribution in [0.25, 0.3) is 0 Å². The predicted molar refractivity (Wildman–Crippen MR) is 49.0 cm³/mol. The Hall–Kier alpha value is -0.0300. The van der Waals surface area contributed by atoms with E-state index in [1.165, 1.54) is 0 Å². The van der Waals surface area contributed by atoms with Gasteiger partial charge in [-0.3, -0.25) is 0 Å². The Morgan fingerprint density at radius 1 is 1.54 bits per heavy atom. The van der Waals surface area contributed by atoms with Crippen LogP contribution in [0.3, 0.4) is 0 Å². The van der Waals surface area contributed by atoms with Crippen molar-refractivity contribution in [1.29, 1.82) is 0 Å². The van der Waals surface area contributed by atoms with Crippen LogP contribution in [0.15, 0.2) is 12.2 Å². The molecule has 0 aromatic carbocycles. The summed E-state index contributed by atoms with van der Waals surface area (Å²) in [6.07, 6.45) is -3.64. The van der Waals surface area contributed by atoms with Gasteiger partial charge < -0.3 is 4.74 Å². The zero-order valence-electron chi connectivity index (χ0n) is 7.33. The highest BCUT2D eigenvalue weighted by Crippen LogP contribution is 2.26. The fraction of sp³-hybridized carbons (Fsp3) is 0.750. The molecule has 1 nitrogen and oxygen atoms in total. The Kier molecular flexibility index (Phi) is 5.64. The van der Waals surface area contributed by atoms with Crippen molar-refractivity contribution in [2.75, 3.05) is 13.2 Å². The molecule has 0 fully saturated rings. The van der Waals surface area contributed by atoms with Gasteiger partial charge in [0.2, 0.25) is 0 Å². The number of ether oxygens (including phenoxy) is 1. The van der Waals surface area contributed by atoms with Crippen molar-refractivity contribution >= 4 is 15.9 Å². The van der Waals surface area contributed by atoms with E-state index < -0.39 is 11.0 Å². The maximum Gasteiger partial charge on any atom is 0.403 e. The summed E-state index contributed by atoms with van der Waals surface area (Å²) in [7, 11) is 0. The largest absolute Gasteiger partial charge is 0.403 e. The third kappa shape index (κ3) is 7.07. The van der Waals surface area contributed by atoms with Crippen molar-refractivity contribution in [3.05, 3.63) is 12.2 Å². The maximum atomic E-state index is 11.9. The molecule has 5 heteroatoms. The van der Waals surface area contributed by atoms with E-state index in [1.807, 2.05) is 0 Å². The van der Waals surface area contributed by atoms with Crippen LogP contribution < -0.4 is 0 Å². The van der Waals surface area contributed by atoms with Crippen LogP contribution in [0.5, 0.6) is 0 Å².